The summed E-state index contributed by atoms with van der Waals surface area (Å²) in [4.78, 5) is 15.6. The molecule has 0 aliphatic rings. The van der Waals surface area contributed by atoms with Crippen molar-refractivity contribution in [3.05, 3.63) is 28.5 Å². The molecule has 6 heteroatoms. The first-order valence-corrected chi connectivity index (χ1v) is 6.52. The molecule has 0 aliphatic heterocycles. The Hall–Kier alpha value is -0.980. The number of aromatic nitrogens is 1. The molecule has 0 radical (unpaired) electrons. The van der Waals surface area contributed by atoms with Crippen molar-refractivity contribution in [2.75, 3.05) is 34.3 Å². The van der Waals surface area contributed by atoms with Crippen molar-refractivity contribution in [3.8, 4) is 0 Å². The first-order valence-electron chi connectivity index (χ1n) is 5.73. The van der Waals surface area contributed by atoms with Gasteiger partial charge in [-0.25, -0.2) is 4.79 Å². The van der Waals surface area contributed by atoms with E-state index < -0.39 is 0 Å². The topological polar surface area (TPSA) is 51.2 Å². The van der Waals surface area contributed by atoms with Gasteiger partial charge < -0.3 is 4.74 Å². The Labute approximate surface area is 116 Å². The summed E-state index contributed by atoms with van der Waals surface area (Å²) in [5, 5.41) is 0. The van der Waals surface area contributed by atoms with Crippen molar-refractivity contribution < 1.29 is 14.1 Å². The summed E-state index contributed by atoms with van der Waals surface area (Å²) in [6.45, 7) is 1.20. The molecular formula is C12H19BrN3O2+. The molecule has 1 heterocycles. The van der Waals surface area contributed by atoms with Crippen LogP contribution in [0.25, 0.3) is 0 Å². The second kappa shape index (κ2) is 6.82. The molecule has 0 saturated heterocycles. The molecule has 0 aromatic carbocycles. The van der Waals surface area contributed by atoms with Gasteiger partial charge in [-0.1, -0.05) is 0 Å². The Bertz CT molecular complexity index is 405. The highest BCUT2D eigenvalue weighted by molar-refractivity contribution is 9.10. The largest absolute Gasteiger partial charge is 0.462 e. The highest BCUT2D eigenvalue weighted by Gasteiger charge is 2.08. The van der Waals surface area contributed by atoms with Crippen LogP contribution in [0, 0.1) is 0 Å². The number of hydrogen-bond acceptors (Lipinski definition) is 4. The van der Waals surface area contributed by atoms with Crippen LogP contribution in [0.4, 0.5) is 0 Å². The second-order valence-corrected chi connectivity index (χ2v) is 5.72. The van der Waals surface area contributed by atoms with Gasteiger partial charge in [0.15, 0.2) is 0 Å². The number of pyridine rings is 1. The Morgan fingerprint density at radius 2 is 2.17 bits per heavy atom. The van der Waals surface area contributed by atoms with E-state index in [0.29, 0.717) is 16.8 Å². The van der Waals surface area contributed by atoms with E-state index in [9.17, 15) is 4.79 Å². The van der Waals surface area contributed by atoms with Gasteiger partial charge in [-0.15, -0.1) is 0 Å². The summed E-state index contributed by atoms with van der Waals surface area (Å²) >= 11 is 3.26. The maximum Gasteiger partial charge on any atom is 0.339 e. The second-order valence-electron chi connectivity index (χ2n) is 4.80. The first-order chi connectivity index (χ1) is 8.38. The van der Waals surface area contributed by atoms with Gasteiger partial charge >= 0.3 is 5.97 Å². The molecule has 1 rings (SSSR count). The molecule has 100 valence electrons. The summed E-state index contributed by atoms with van der Waals surface area (Å²) < 4.78 is 6.60. The lowest BCUT2D eigenvalue weighted by molar-refractivity contribution is -0.915. The molecule has 0 bridgehead atoms. The van der Waals surface area contributed by atoms with Crippen LogP contribution in [0.2, 0.25) is 0 Å². The zero-order valence-corrected chi connectivity index (χ0v) is 12.5. The van der Waals surface area contributed by atoms with Gasteiger partial charge in [0.1, 0.15) is 0 Å². The van der Waals surface area contributed by atoms with Gasteiger partial charge in [0, 0.05) is 23.4 Å². The van der Waals surface area contributed by atoms with E-state index in [2.05, 4.69) is 26.3 Å². The van der Waals surface area contributed by atoms with Gasteiger partial charge in [0.05, 0.1) is 33.3 Å². The predicted molar refractivity (Wildman–Crippen MR) is 72.9 cm³/mol. The fourth-order valence-electron chi connectivity index (χ4n) is 1.26. The Morgan fingerprint density at radius 1 is 1.44 bits per heavy atom. The van der Waals surface area contributed by atoms with E-state index in [1.54, 1.807) is 12.3 Å². The minimum atomic E-state index is -0.339. The van der Waals surface area contributed by atoms with Crippen LogP contribution in [-0.4, -0.2) is 49.8 Å². The van der Waals surface area contributed by atoms with E-state index in [4.69, 9.17) is 4.74 Å². The number of esters is 1. The van der Waals surface area contributed by atoms with E-state index >= 15 is 0 Å². The van der Waals surface area contributed by atoms with Gasteiger partial charge in [-0.3, -0.25) is 9.58 Å². The van der Waals surface area contributed by atoms with Crippen LogP contribution < -0.4 is 5.43 Å². The zero-order valence-electron chi connectivity index (χ0n) is 10.9. The van der Waals surface area contributed by atoms with E-state index in [-0.39, 0.29) is 5.97 Å². The highest BCUT2D eigenvalue weighted by Crippen LogP contribution is 2.10. The summed E-state index contributed by atoms with van der Waals surface area (Å²) in [5.74, 6) is -0.339. The molecule has 0 unspecified atom stereocenters. The average molecular weight is 317 g/mol. The summed E-state index contributed by atoms with van der Waals surface area (Å²) in [6, 6.07) is 1.69. The van der Waals surface area contributed by atoms with Gasteiger partial charge in [-0.2, -0.15) is 5.43 Å². The van der Waals surface area contributed by atoms with Crippen LogP contribution >= 0.6 is 15.9 Å². The molecule has 0 aliphatic carbocycles. The summed E-state index contributed by atoms with van der Waals surface area (Å²) in [6.07, 6.45) is 3.90. The van der Waals surface area contributed by atoms with Crippen LogP contribution in [0.1, 0.15) is 16.8 Å². The number of nitrogens with one attached hydrogen (secondary N) is 1. The SMILES string of the molecule is C[N+](C)(C)NCCCOC(=O)c1cncc(Br)c1. The molecule has 1 aromatic heterocycles. The Kier molecular flexibility index (Phi) is 5.71. The van der Waals surface area contributed by atoms with Crippen LogP contribution in [0.3, 0.4) is 0 Å². The molecule has 0 fully saturated rings. The van der Waals surface area contributed by atoms with Crippen LogP contribution in [-0.2, 0) is 4.74 Å². The van der Waals surface area contributed by atoms with Gasteiger partial charge in [-0.05, 0) is 28.4 Å². The molecule has 5 nitrogen and oxygen atoms in total. The van der Waals surface area contributed by atoms with E-state index in [0.717, 1.165) is 17.4 Å². The normalized spacial score (nSPS) is 11.3. The third kappa shape index (κ3) is 6.09. The fourth-order valence-corrected chi connectivity index (χ4v) is 1.62. The molecule has 0 spiro atoms. The van der Waals surface area contributed by atoms with Crippen LogP contribution in [0.5, 0.6) is 0 Å². The zero-order chi connectivity index (χ0) is 13.6. The third-order valence-electron chi connectivity index (χ3n) is 2.08. The van der Waals surface area contributed by atoms with Crippen molar-refractivity contribution in [2.24, 2.45) is 0 Å². The van der Waals surface area contributed by atoms with Gasteiger partial charge in [0.2, 0.25) is 0 Å². The number of hydrogen-bond donors (Lipinski definition) is 1. The number of carbonyl (C=O) groups excluding carboxylic acids is 1. The number of halogens is 1. The lowest BCUT2D eigenvalue weighted by Crippen LogP contribution is -2.48. The van der Waals surface area contributed by atoms with E-state index in [1.807, 2.05) is 21.1 Å². The number of quaternary nitrogens is 1. The van der Waals surface area contributed by atoms with Crippen molar-refractivity contribution >= 4 is 21.9 Å². The average Bonchev–Trinajstić information content (AvgIpc) is 2.26. The standard InChI is InChI=1S/C12H19BrN3O2/c1-16(2,3)15-5-4-6-18-12(17)10-7-11(13)9-14-8-10/h7-9,15H,4-6H2,1-3H3/q+1. The predicted octanol–water partition coefficient (Wildman–Crippen LogP) is 1.60. The molecule has 1 N–H and O–H groups in total. The lowest BCUT2D eigenvalue weighted by atomic mass is 10.3. The maximum absolute atomic E-state index is 11.6. The smallest absolute Gasteiger partial charge is 0.339 e. The molecule has 1 aromatic rings. The molecule has 0 atom stereocenters. The summed E-state index contributed by atoms with van der Waals surface area (Å²) in [5.41, 5.74) is 3.73. The quantitative estimate of drug-likeness (QED) is 0.375. The van der Waals surface area contributed by atoms with Crippen molar-refractivity contribution in [1.29, 1.82) is 0 Å². The fraction of sp³-hybridized carbons (Fsp3) is 0.500. The Morgan fingerprint density at radius 3 is 2.78 bits per heavy atom. The number of nitrogens with zero attached hydrogens (tertiary/aromatic N) is 2. The number of rotatable bonds is 6. The molecular weight excluding hydrogens is 298 g/mol. The molecule has 0 saturated carbocycles. The monoisotopic (exact) mass is 316 g/mol. The highest BCUT2D eigenvalue weighted by atomic mass is 79.9. The lowest BCUT2D eigenvalue weighted by Gasteiger charge is -2.23. The molecule has 0 amide bonds. The van der Waals surface area contributed by atoms with Gasteiger partial charge in [0.25, 0.3) is 0 Å². The minimum absolute atomic E-state index is 0.339. The molecule has 18 heavy (non-hydrogen) atoms. The summed E-state index contributed by atoms with van der Waals surface area (Å²) in [7, 11) is 6.12. The maximum atomic E-state index is 11.6. The van der Waals surface area contributed by atoms with Crippen LogP contribution in [0.15, 0.2) is 22.9 Å². The van der Waals surface area contributed by atoms with Crippen molar-refractivity contribution in [3.63, 3.8) is 0 Å². The Balaban J connectivity index is 2.26. The van der Waals surface area contributed by atoms with Crippen molar-refractivity contribution in [2.45, 2.75) is 6.42 Å². The minimum Gasteiger partial charge on any atom is -0.462 e. The first kappa shape index (κ1) is 15.1. The van der Waals surface area contributed by atoms with Crippen molar-refractivity contribution in [1.82, 2.24) is 10.4 Å². The number of ether oxygens (including phenoxy) is 1. The van der Waals surface area contributed by atoms with E-state index in [1.165, 1.54) is 6.20 Å². The number of carbonyl (C=O) groups is 1. The third-order valence-corrected chi connectivity index (χ3v) is 2.51.